The van der Waals surface area contributed by atoms with E-state index < -0.39 is 0 Å². The van der Waals surface area contributed by atoms with E-state index in [2.05, 4.69) is 15.1 Å². The Morgan fingerprint density at radius 3 is 2.85 bits per heavy atom. The number of hydrogen-bond donors (Lipinski definition) is 0. The van der Waals surface area contributed by atoms with Crippen LogP contribution in [0.25, 0.3) is 11.3 Å². The van der Waals surface area contributed by atoms with Crippen molar-refractivity contribution in [3.8, 4) is 11.3 Å². The molecule has 1 aromatic carbocycles. The van der Waals surface area contributed by atoms with Gasteiger partial charge in [-0.15, -0.1) is 0 Å². The second kappa shape index (κ2) is 6.95. The first-order valence-corrected chi connectivity index (χ1v) is 9.13. The van der Waals surface area contributed by atoms with Crippen LogP contribution in [0.1, 0.15) is 52.0 Å². The minimum Gasteiger partial charge on any atom is -0.361 e. The van der Waals surface area contributed by atoms with E-state index in [1.807, 2.05) is 44.2 Å². The molecule has 1 aliphatic rings. The van der Waals surface area contributed by atoms with Crippen LogP contribution in [-0.2, 0) is 6.54 Å². The summed E-state index contributed by atoms with van der Waals surface area (Å²) in [5, 5.41) is 4.09. The van der Waals surface area contributed by atoms with Crippen LogP contribution in [0.15, 0.2) is 41.1 Å². The van der Waals surface area contributed by atoms with Crippen LogP contribution >= 0.6 is 0 Å². The molecule has 6 nitrogen and oxygen atoms in total. The molecule has 2 aromatic heterocycles. The van der Waals surface area contributed by atoms with Crippen molar-refractivity contribution in [2.24, 2.45) is 0 Å². The summed E-state index contributed by atoms with van der Waals surface area (Å²) < 4.78 is 5.37. The number of aryl methyl sites for hydroxylation is 2. The van der Waals surface area contributed by atoms with E-state index >= 15 is 0 Å². The minimum atomic E-state index is -0.0638. The molecule has 2 heterocycles. The van der Waals surface area contributed by atoms with Crippen molar-refractivity contribution in [3.05, 3.63) is 64.9 Å². The van der Waals surface area contributed by atoms with E-state index in [0.717, 1.165) is 46.9 Å². The summed E-state index contributed by atoms with van der Waals surface area (Å²) in [4.78, 5) is 23.5. The number of aromatic nitrogens is 3. The Balaban J connectivity index is 1.53. The van der Waals surface area contributed by atoms with Gasteiger partial charge in [0.2, 0.25) is 0 Å². The van der Waals surface area contributed by atoms with Crippen LogP contribution in [0, 0.1) is 13.8 Å². The maximum atomic E-state index is 12.9. The molecule has 0 N–H and O–H groups in total. The van der Waals surface area contributed by atoms with Gasteiger partial charge in [-0.25, -0.2) is 4.98 Å². The highest BCUT2D eigenvalue weighted by molar-refractivity contribution is 5.95. The largest absolute Gasteiger partial charge is 0.361 e. The smallest absolute Gasteiger partial charge is 0.253 e. The number of carbonyl (C=O) groups excluding carboxylic acids is 1. The number of amides is 1. The maximum absolute atomic E-state index is 12.9. The Kier molecular flexibility index (Phi) is 4.48. The van der Waals surface area contributed by atoms with Gasteiger partial charge in [0.1, 0.15) is 11.5 Å². The Labute approximate surface area is 158 Å². The third kappa shape index (κ3) is 3.74. The van der Waals surface area contributed by atoms with Gasteiger partial charge in [-0.05, 0) is 38.8 Å². The summed E-state index contributed by atoms with van der Waals surface area (Å²) in [6.45, 7) is 4.25. The standard InChI is InChI=1S/C21H22N4O2/c1-13-11-22-14(2)20(23-13)16-5-4-6-17(9-16)21(26)25(3)12-18-10-19(27-24-18)15-7-8-15/h4-6,9-11,15H,7-8,12H2,1-3H3. The third-order valence-corrected chi connectivity index (χ3v) is 4.76. The van der Waals surface area contributed by atoms with Crippen molar-refractivity contribution in [1.82, 2.24) is 20.0 Å². The zero-order valence-corrected chi connectivity index (χ0v) is 15.8. The lowest BCUT2D eigenvalue weighted by Gasteiger charge is -2.16. The fourth-order valence-corrected chi connectivity index (χ4v) is 3.11. The number of hydrogen-bond acceptors (Lipinski definition) is 5. The van der Waals surface area contributed by atoms with E-state index in [0.29, 0.717) is 18.0 Å². The van der Waals surface area contributed by atoms with Crippen molar-refractivity contribution < 1.29 is 9.32 Å². The molecule has 6 heteroatoms. The number of benzene rings is 1. The number of rotatable bonds is 5. The average Bonchev–Trinajstić information content (AvgIpc) is 3.42. The molecule has 0 spiro atoms. The van der Waals surface area contributed by atoms with Crippen LogP contribution < -0.4 is 0 Å². The van der Waals surface area contributed by atoms with Crippen molar-refractivity contribution >= 4 is 5.91 Å². The zero-order chi connectivity index (χ0) is 19.0. The first-order chi connectivity index (χ1) is 13.0. The quantitative estimate of drug-likeness (QED) is 0.688. The predicted octanol–water partition coefficient (Wildman–Crippen LogP) is 3.90. The molecule has 0 radical (unpaired) electrons. The van der Waals surface area contributed by atoms with E-state index in [4.69, 9.17) is 4.52 Å². The molecule has 0 aliphatic heterocycles. The molecule has 0 saturated heterocycles. The molecule has 0 atom stereocenters. The first-order valence-electron chi connectivity index (χ1n) is 9.13. The Hall–Kier alpha value is -3.02. The van der Waals surface area contributed by atoms with Gasteiger partial charge in [-0.2, -0.15) is 0 Å². The van der Waals surface area contributed by atoms with Crippen LogP contribution in [0.3, 0.4) is 0 Å². The van der Waals surface area contributed by atoms with Gasteiger partial charge in [-0.1, -0.05) is 17.3 Å². The molecule has 4 rings (SSSR count). The summed E-state index contributed by atoms with van der Waals surface area (Å²) >= 11 is 0. The summed E-state index contributed by atoms with van der Waals surface area (Å²) in [7, 11) is 1.78. The molecular weight excluding hydrogens is 340 g/mol. The minimum absolute atomic E-state index is 0.0638. The highest BCUT2D eigenvalue weighted by atomic mass is 16.5. The number of nitrogens with zero attached hydrogens (tertiary/aromatic N) is 4. The van der Waals surface area contributed by atoms with Crippen molar-refractivity contribution in [3.63, 3.8) is 0 Å². The summed E-state index contributed by atoms with van der Waals surface area (Å²) in [5.41, 5.74) is 4.78. The molecule has 1 saturated carbocycles. The van der Waals surface area contributed by atoms with Crippen molar-refractivity contribution in [1.29, 1.82) is 0 Å². The van der Waals surface area contributed by atoms with Gasteiger partial charge in [0.25, 0.3) is 5.91 Å². The van der Waals surface area contributed by atoms with Gasteiger partial charge in [-0.3, -0.25) is 9.78 Å². The van der Waals surface area contributed by atoms with E-state index in [1.165, 1.54) is 0 Å². The average molecular weight is 362 g/mol. The van der Waals surface area contributed by atoms with Gasteiger partial charge < -0.3 is 9.42 Å². The topological polar surface area (TPSA) is 72.1 Å². The monoisotopic (exact) mass is 362 g/mol. The molecule has 0 bridgehead atoms. The molecule has 1 aliphatic carbocycles. The van der Waals surface area contributed by atoms with Gasteiger partial charge in [0, 0.05) is 36.4 Å². The van der Waals surface area contributed by atoms with Gasteiger partial charge >= 0.3 is 0 Å². The summed E-state index contributed by atoms with van der Waals surface area (Å²) in [5.74, 6) is 1.38. The summed E-state index contributed by atoms with van der Waals surface area (Å²) in [6.07, 6.45) is 4.07. The molecule has 3 aromatic rings. The molecule has 27 heavy (non-hydrogen) atoms. The third-order valence-electron chi connectivity index (χ3n) is 4.76. The Morgan fingerprint density at radius 1 is 1.26 bits per heavy atom. The maximum Gasteiger partial charge on any atom is 0.253 e. The van der Waals surface area contributed by atoms with E-state index in [-0.39, 0.29) is 5.91 Å². The van der Waals surface area contributed by atoms with Gasteiger partial charge in [0.15, 0.2) is 0 Å². The lowest BCUT2D eigenvalue weighted by atomic mass is 10.1. The normalized spacial score (nSPS) is 13.6. The molecule has 1 fully saturated rings. The van der Waals surface area contributed by atoms with Crippen LogP contribution in [-0.4, -0.2) is 33.0 Å². The van der Waals surface area contributed by atoms with Crippen molar-refractivity contribution in [2.75, 3.05) is 7.05 Å². The zero-order valence-electron chi connectivity index (χ0n) is 15.8. The van der Waals surface area contributed by atoms with Crippen LogP contribution in [0.2, 0.25) is 0 Å². The lowest BCUT2D eigenvalue weighted by Crippen LogP contribution is -2.26. The predicted molar refractivity (Wildman–Crippen MR) is 101 cm³/mol. The fourth-order valence-electron chi connectivity index (χ4n) is 3.11. The Bertz CT molecular complexity index is 991. The first kappa shape index (κ1) is 17.4. The second-order valence-electron chi connectivity index (χ2n) is 7.18. The van der Waals surface area contributed by atoms with Crippen LogP contribution in [0.4, 0.5) is 0 Å². The number of carbonyl (C=O) groups is 1. The molecule has 0 unspecified atom stereocenters. The van der Waals surface area contributed by atoms with Gasteiger partial charge in [0.05, 0.1) is 23.6 Å². The SMILES string of the molecule is Cc1cnc(C)c(-c2cccc(C(=O)N(C)Cc3cc(C4CC4)on3)c2)n1. The van der Waals surface area contributed by atoms with E-state index in [9.17, 15) is 4.79 Å². The van der Waals surface area contributed by atoms with Crippen LogP contribution in [0.5, 0.6) is 0 Å². The molecular formula is C21H22N4O2. The molecule has 1 amide bonds. The fraction of sp³-hybridized carbons (Fsp3) is 0.333. The lowest BCUT2D eigenvalue weighted by molar-refractivity contribution is 0.0782. The molecule has 138 valence electrons. The Morgan fingerprint density at radius 2 is 2.07 bits per heavy atom. The van der Waals surface area contributed by atoms with Crippen molar-refractivity contribution in [2.45, 2.75) is 39.2 Å². The summed E-state index contributed by atoms with van der Waals surface area (Å²) in [6, 6.07) is 9.48. The highest BCUT2D eigenvalue weighted by Gasteiger charge is 2.28. The van der Waals surface area contributed by atoms with E-state index in [1.54, 1.807) is 18.1 Å². The second-order valence-corrected chi connectivity index (χ2v) is 7.18. The highest BCUT2D eigenvalue weighted by Crippen LogP contribution is 2.40.